The fourth-order valence-electron chi connectivity index (χ4n) is 7.46. The number of hydrogen-bond acceptors (Lipinski definition) is 1. The van der Waals surface area contributed by atoms with E-state index in [1.807, 2.05) is 67.0 Å². The molecule has 0 aliphatic carbocycles. The Morgan fingerprint density at radius 2 is 0.627 bits per heavy atom. The number of halogens is 21. The average molecular weight is 986 g/mol. The molecule has 0 amide bonds. The molecule has 0 bridgehead atoms. The number of rotatable bonds is 6. The molecule has 0 fully saturated rings. The summed E-state index contributed by atoms with van der Waals surface area (Å²) in [7, 11) is 0. The molecule has 0 saturated heterocycles. The lowest BCUT2D eigenvalue weighted by Gasteiger charge is -2.44. The predicted octanol–water partition coefficient (Wildman–Crippen LogP) is 10.6. The molecule has 1 aromatic heterocycles. The van der Waals surface area contributed by atoms with E-state index in [4.69, 9.17) is 16.4 Å². The van der Waals surface area contributed by atoms with Crippen molar-refractivity contribution in [3.63, 3.8) is 0 Å². The smallest absolute Gasteiger partial charge is 0.229 e. The van der Waals surface area contributed by atoms with E-state index < -0.39 is 144 Å². The fourth-order valence-corrected chi connectivity index (χ4v) is 7.66. The van der Waals surface area contributed by atoms with Crippen molar-refractivity contribution in [2.75, 3.05) is 0 Å². The van der Waals surface area contributed by atoms with Gasteiger partial charge in [0.2, 0.25) is 18.1 Å². The van der Waals surface area contributed by atoms with Crippen LogP contribution in [0.25, 0.3) is 21.5 Å². The molecule has 7 aromatic carbocycles. The molecule has 8 aromatic rings. The molecule has 8 rings (SSSR count). The van der Waals surface area contributed by atoms with Gasteiger partial charge < -0.3 is 0 Å². The van der Waals surface area contributed by atoms with Gasteiger partial charge in [0.05, 0.1) is 10.4 Å². The van der Waals surface area contributed by atoms with E-state index in [-0.39, 0.29) is 0 Å². The van der Waals surface area contributed by atoms with Crippen molar-refractivity contribution in [3.8, 4) is 5.75 Å². The minimum Gasteiger partial charge on any atom is -0.229 e. The van der Waals surface area contributed by atoms with Gasteiger partial charge in [-0.2, -0.15) is 0 Å². The van der Waals surface area contributed by atoms with Crippen molar-refractivity contribution < 1.29 is 97.4 Å². The summed E-state index contributed by atoms with van der Waals surface area (Å²) >= 11 is 6.33. The van der Waals surface area contributed by atoms with Crippen molar-refractivity contribution in [2.24, 2.45) is 0 Å². The van der Waals surface area contributed by atoms with Crippen LogP contribution >= 0.6 is 11.6 Å². The maximum Gasteiger partial charge on any atom is 0.230 e. The molecule has 1 heterocycles. The minimum absolute atomic E-state index is 0.597. The Hall–Kier alpha value is -7.04. The Kier molecular flexibility index (Phi) is 12.6. The first-order valence-electron chi connectivity index (χ1n) is 18.0. The third-order valence-electron chi connectivity index (χ3n) is 10.4. The SMILES string of the molecule is Clc1ccc2ccccc2c1O[n+]1ccc2ccccc2c1.Fc1c(F)c(F)c([B-](c2c(F)c(F)c(F)c(F)c2F)(c2c(F)c(F)c(F)c(F)c2F)c2c(F)c(F)c(F)c(F)c2F)c(F)c1F. The van der Waals surface area contributed by atoms with Crippen LogP contribution < -0.4 is 31.4 Å². The van der Waals surface area contributed by atoms with Crippen LogP contribution in [0.3, 0.4) is 0 Å². The zero-order valence-corrected chi connectivity index (χ0v) is 32.6. The van der Waals surface area contributed by atoms with Crippen molar-refractivity contribution in [1.82, 2.24) is 0 Å². The summed E-state index contributed by atoms with van der Waals surface area (Å²) in [6, 6.07) is 22.1. The lowest BCUT2D eigenvalue weighted by atomic mass is 9.12. The second kappa shape index (κ2) is 17.6. The molecular formula is C43H13BClF20NO. The van der Waals surface area contributed by atoms with E-state index in [0.29, 0.717) is 10.8 Å². The quantitative estimate of drug-likeness (QED) is 0.0532. The van der Waals surface area contributed by atoms with Crippen LogP contribution in [0.4, 0.5) is 87.8 Å². The first-order valence-corrected chi connectivity index (χ1v) is 18.4. The second-order valence-corrected chi connectivity index (χ2v) is 14.3. The largest absolute Gasteiger partial charge is 0.230 e. The molecule has 0 aliphatic heterocycles. The Morgan fingerprint density at radius 1 is 0.328 bits per heavy atom. The van der Waals surface area contributed by atoms with Gasteiger partial charge in [-0.15, -0.1) is 21.9 Å². The van der Waals surface area contributed by atoms with Crippen molar-refractivity contribution >= 4 is 61.1 Å². The number of nitrogens with zero attached hydrogens (tertiary/aromatic N) is 1. The highest BCUT2D eigenvalue weighted by Gasteiger charge is 2.52. The third kappa shape index (κ3) is 7.38. The monoisotopic (exact) mass is 985 g/mol. The number of aromatic nitrogens is 1. The Bertz CT molecular complexity index is 2990. The van der Waals surface area contributed by atoms with Gasteiger partial charge in [0, 0.05) is 16.2 Å². The van der Waals surface area contributed by atoms with E-state index in [9.17, 15) is 52.7 Å². The maximum absolute atomic E-state index is 15.4. The number of fused-ring (bicyclic) bond motifs is 2. The van der Waals surface area contributed by atoms with Gasteiger partial charge in [0.15, 0.2) is 69.8 Å². The lowest BCUT2D eigenvalue weighted by molar-refractivity contribution is -0.873. The Labute approximate surface area is 364 Å². The summed E-state index contributed by atoms with van der Waals surface area (Å²) in [6.07, 6.45) is -3.38. The van der Waals surface area contributed by atoms with E-state index in [1.165, 1.54) is 5.39 Å². The van der Waals surface area contributed by atoms with Gasteiger partial charge in [0.1, 0.15) is 52.7 Å². The summed E-state index contributed by atoms with van der Waals surface area (Å²) in [5.41, 5.74) is -14.3. The molecule has 24 heteroatoms. The number of hydrogen-bond donors (Lipinski definition) is 0. The summed E-state index contributed by atoms with van der Waals surface area (Å²) in [5.74, 6) is -70.7. The molecule has 0 saturated carbocycles. The average Bonchev–Trinajstić information content (AvgIpc) is 3.32. The van der Waals surface area contributed by atoms with E-state index >= 15 is 35.1 Å². The summed E-state index contributed by atoms with van der Waals surface area (Å²) < 4.78 is 296. The molecule has 346 valence electrons. The van der Waals surface area contributed by atoms with Crippen LogP contribution in [0.5, 0.6) is 5.75 Å². The van der Waals surface area contributed by atoms with Gasteiger partial charge >= 0.3 is 0 Å². The molecule has 0 aliphatic rings. The van der Waals surface area contributed by atoms with Crippen molar-refractivity contribution in [1.29, 1.82) is 0 Å². The van der Waals surface area contributed by atoms with Crippen LogP contribution in [0, 0.1) is 116 Å². The number of benzene rings is 7. The van der Waals surface area contributed by atoms with Gasteiger partial charge in [0.25, 0.3) is 0 Å². The Morgan fingerprint density at radius 3 is 0.985 bits per heavy atom. The highest BCUT2D eigenvalue weighted by molar-refractivity contribution is 7.20. The van der Waals surface area contributed by atoms with Gasteiger partial charge in [-0.25, -0.2) is 92.6 Å². The van der Waals surface area contributed by atoms with E-state index in [0.717, 1.165) is 16.2 Å². The van der Waals surface area contributed by atoms with Crippen LogP contribution in [-0.2, 0) is 0 Å². The van der Waals surface area contributed by atoms with Gasteiger partial charge in [-0.05, 0) is 22.9 Å². The normalized spacial score (nSPS) is 11.7. The van der Waals surface area contributed by atoms with Gasteiger partial charge in [-0.3, -0.25) is 0 Å². The lowest BCUT2D eigenvalue weighted by Crippen LogP contribution is -2.81. The molecule has 67 heavy (non-hydrogen) atoms. The zero-order chi connectivity index (χ0) is 49.3. The van der Waals surface area contributed by atoms with Crippen LogP contribution in [0.15, 0.2) is 79.1 Å². The topological polar surface area (TPSA) is 13.1 Å². The molecule has 0 atom stereocenters. The maximum atomic E-state index is 15.4. The highest BCUT2D eigenvalue weighted by Crippen LogP contribution is 2.34. The highest BCUT2D eigenvalue weighted by atomic mass is 35.5. The van der Waals surface area contributed by atoms with Crippen molar-refractivity contribution in [3.05, 3.63) is 200 Å². The minimum atomic E-state index is -7.22. The van der Waals surface area contributed by atoms with Crippen LogP contribution in [-0.4, -0.2) is 6.15 Å². The molecule has 0 N–H and O–H groups in total. The molecule has 2 nitrogen and oxygen atoms in total. The summed E-state index contributed by atoms with van der Waals surface area (Å²) in [4.78, 5) is 6.02. The van der Waals surface area contributed by atoms with Crippen LogP contribution in [0.2, 0.25) is 5.02 Å². The molecular weight excluding hydrogens is 973 g/mol. The predicted molar refractivity (Wildman–Crippen MR) is 198 cm³/mol. The fraction of sp³-hybridized carbons (Fsp3) is 0. The van der Waals surface area contributed by atoms with E-state index in [1.54, 1.807) is 4.73 Å². The summed E-state index contributed by atoms with van der Waals surface area (Å²) in [6.45, 7) is 0. The first kappa shape index (κ1) is 47.9. The first-order chi connectivity index (χ1) is 31.5. The van der Waals surface area contributed by atoms with E-state index in [2.05, 4.69) is 12.1 Å². The van der Waals surface area contributed by atoms with Gasteiger partial charge in [-0.1, -0.05) is 60.1 Å². The Balaban J connectivity index is 0.000000250. The summed E-state index contributed by atoms with van der Waals surface area (Å²) in [5, 5.41) is 4.98. The number of pyridine rings is 1. The van der Waals surface area contributed by atoms with Crippen molar-refractivity contribution in [2.45, 2.75) is 0 Å². The van der Waals surface area contributed by atoms with Crippen LogP contribution in [0.1, 0.15) is 0 Å². The second-order valence-electron chi connectivity index (χ2n) is 13.9. The molecule has 0 spiro atoms. The zero-order valence-electron chi connectivity index (χ0n) is 31.9. The standard InChI is InChI=1S/C24BF20.C19H13ClNO/c26-5-1(6(27)14(35)21(42)13(5)34)25(2-7(28)15(36)22(43)16(37)8(2)29,3-9(30)17(38)23(44)18(39)10(3)31)4-11(32)19(40)24(45)20(41)12(4)33;20-18-10-9-15-6-3-4-8-17(15)19(18)22-21-12-11-14-5-1-2-7-16(14)13-21/h;1-13H/q-1;+1. The third-order valence-corrected chi connectivity index (χ3v) is 10.7. The molecule has 0 unspecified atom stereocenters. The molecule has 0 radical (unpaired) electrons.